The third kappa shape index (κ3) is 1.26. The van der Waals surface area contributed by atoms with E-state index in [9.17, 15) is 4.79 Å². The fraction of sp³-hybridized carbons (Fsp3) is 0.444. The van der Waals surface area contributed by atoms with Crippen LogP contribution >= 0.6 is 11.3 Å². The first-order valence-electron chi connectivity index (χ1n) is 4.35. The summed E-state index contributed by atoms with van der Waals surface area (Å²) in [6, 6.07) is 3.92. The lowest BCUT2D eigenvalue weighted by molar-refractivity contribution is -0.124. The molecule has 2 rings (SSSR count). The van der Waals surface area contributed by atoms with E-state index < -0.39 is 5.54 Å². The first-order chi connectivity index (χ1) is 6.26. The van der Waals surface area contributed by atoms with Gasteiger partial charge >= 0.3 is 0 Å². The van der Waals surface area contributed by atoms with E-state index in [1.54, 1.807) is 11.3 Å². The highest BCUT2D eigenvalue weighted by Crippen LogP contribution is 2.33. The van der Waals surface area contributed by atoms with E-state index in [-0.39, 0.29) is 5.91 Å². The van der Waals surface area contributed by atoms with Crippen molar-refractivity contribution in [2.45, 2.75) is 18.4 Å². The minimum absolute atomic E-state index is 0.257. The molecule has 1 aromatic heterocycles. The van der Waals surface area contributed by atoms with Crippen LogP contribution in [0.15, 0.2) is 17.5 Å². The van der Waals surface area contributed by atoms with E-state index in [2.05, 4.69) is 5.32 Å². The molecular weight excluding hydrogens is 184 g/mol. The minimum atomic E-state index is -0.575. The summed E-state index contributed by atoms with van der Waals surface area (Å²) >= 11 is 1.58. The molecule has 0 bridgehead atoms. The molecule has 0 saturated carbocycles. The van der Waals surface area contributed by atoms with E-state index in [0.717, 1.165) is 24.3 Å². The van der Waals surface area contributed by atoms with Gasteiger partial charge in [-0.15, -0.1) is 11.3 Å². The van der Waals surface area contributed by atoms with Crippen molar-refractivity contribution in [1.82, 2.24) is 5.32 Å². The van der Waals surface area contributed by atoms with Gasteiger partial charge < -0.3 is 5.73 Å². The number of amides is 1. The maximum atomic E-state index is 11.4. The molecule has 3 N–H and O–H groups in total. The summed E-state index contributed by atoms with van der Waals surface area (Å²) in [6.07, 6.45) is 1.84. The third-order valence-corrected chi connectivity index (χ3v) is 3.55. The predicted molar refractivity (Wildman–Crippen MR) is 52.4 cm³/mol. The third-order valence-electron chi connectivity index (χ3n) is 2.52. The first-order valence-corrected chi connectivity index (χ1v) is 5.22. The predicted octanol–water partition coefficient (Wildman–Crippen LogP) is 0.812. The molecule has 13 heavy (non-hydrogen) atoms. The minimum Gasteiger partial charge on any atom is -0.368 e. The Kier molecular flexibility index (Phi) is 2.09. The van der Waals surface area contributed by atoms with Crippen LogP contribution in [0.3, 0.4) is 0 Å². The number of thiophene rings is 1. The number of nitrogens with two attached hydrogens (primary N) is 1. The number of carbonyl (C=O) groups excluding carboxylic acids is 1. The quantitative estimate of drug-likeness (QED) is 0.735. The van der Waals surface area contributed by atoms with Crippen molar-refractivity contribution in [3.63, 3.8) is 0 Å². The average molecular weight is 196 g/mol. The smallest absolute Gasteiger partial charge is 0.243 e. The van der Waals surface area contributed by atoms with E-state index in [1.807, 2.05) is 17.5 Å². The van der Waals surface area contributed by atoms with Gasteiger partial charge in [-0.05, 0) is 30.8 Å². The first kappa shape index (κ1) is 8.72. The van der Waals surface area contributed by atoms with Gasteiger partial charge in [0.25, 0.3) is 0 Å². The van der Waals surface area contributed by atoms with E-state index >= 15 is 0 Å². The lowest BCUT2D eigenvalue weighted by atomic mass is 9.95. The summed E-state index contributed by atoms with van der Waals surface area (Å²) in [5.41, 5.74) is 4.85. The van der Waals surface area contributed by atoms with E-state index in [1.165, 1.54) is 0 Å². The topological polar surface area (TPSA) is 55.1 Å². The fourth-order valence-electron chi connectivity index (χ4n) is 1.81. The van der Waals surface area contributed by atoms with Crippen LogP contribution in [0.5, 0.6) is 0 Å². The van der Waals surface area contributed by atoms with Gasteiger partial charge in [-0.2, -0.15) is 0 Å². The van der Waals surface area contributed by atoms with Gasteiger partial charge in [0, 0.05) is 4.88 Å². The van der Waals surface area contributed by atoms with Gasteiger partial charge in [0.2, 0.25) is 5.91 Å². The van der Waals surface area contributed by atoms with Crippen molar-refractivity contribution in [2.75, 3.05) is 6.54 Å². The van der Waals surface area contributed by atoms with Crippen LogP contribution in [-0.2, 0) is 10.3 Å². The maximum absolute atomic E-state index is 11.4. The molecule has 1 aliphatic rings. The molecule has 1 atom stereocenters. The van der Waals surface area contributed by atoms with Gasteiger partial charge in [-0.3, -0.25) is 10.1 Å². The Morgan fingerprint density at radius 3 is 3.00 bits per heavy atom. The van der Waals surface area contributed by atoms with Crippen LogP contribution in [0.25, 0.3) is 0 Å². The molecule has 1 amide bonds. The van der Waals surface area contributed by atoms with Crippen molar-refractivity contribution in [3.05, 3.63) is 22.4 Å². The van der Waals surface area contributed by atoms with Crippen LogP contribution in [0.4, 0.5) is 0 Å². The molecule has 0 aromatic carbocycles. The monoisotopic (exact) mass is 196 g/mol. The van der Waals surface area contributed by atoms with Crippen LogP contribution in [0.1, 0.15) is 17.7 Å². The summed E-state index contributed by atoms with van der Waals surface area (Å²) < 4.78 is 0. The molecule has 1 fully saturated rings. The zero-order chi connectivity index (χ0) is 9.31. The summed E-state index contributed by atoms with van der Waals surface area (Å²) in [5, 5.41) is 5.18. The Hall–Kier alpha value is -0.870. The van der Waals surface area contributed by atoms with Crippen molar-refractivity contribution in [2.24, 2.45) is 5.73 Å². The van der Waals surface area contributed by atoms with Gasteiger partial charge in [-0.1, -0.05) is 6.07 Å². The van der Waals surface area contributed by atoms with Crippen molar-refractivity contribution in [3.8, 4) is 0 Å². The van der Waals surface area contributed by atoms with Crippen molar-refractivity contribution < 1.29 is 4.79 Å². The zero-order valence-corrected chi connectivity index (χ0v) is 8.06. The van der Waals surface area contributed by atoms with Gasteiger partial charge in [0.1, 0.15) is 5.54 Å². The van der Waals surface area contributed by atoms with Crippen LogP contribution in [0.2, 0.25) is 0 Å². The number of hydrogen-bond acceptors (Lipinski definition) is 3. The highest BCUT2D eigenvalue weighted by molar-refractivity contribution is 7.10. The van der Waals surface area contributed by atoms with Crippen LogP contribution in [0, 0.1) is 0 Å². The van der Waals surface area contributed by atoms with E-state index in [0.29, 0.717) is 0 Å². The zero-order valence-electron chi connectivity index (χ0n) is 7.25. The second kappa shape index (κ2) is 3.12. The Balaban J connectivity index is 2.39. The molecule has 1 aromatic rings. The molecule has 3 nitrogen and oxygen atoms in total. The molecule has 0 spiro atoms. The molecule has 70 valence electrons. The molecule has 0 unspecified atom stereocenters. The van der Waals surface area contributed by atoms with Gasteiger partial charge in [0.15, 0.2) is 0 Å². The Bertz CT molecular complexity index is 301. The summed E-state index contributed by atoms with van der Waals surface area (Å²) in [4.78, 5) is 12.4. The summed E-state index contributed by atoms with van der Waals surface area (Å²) in [7, 11) is 0. The molecule has 4 heteroatoms. The Morgan fingerprint density at radius 2 is 2.54 bits per heavy atom. The molecular formula is C9H12N2OS. The fourth-order valence-corrected chi connectivity index (χ4v) is 2.74. The van der Waals surface area contributed by atoms with Crippen LogP contribution < -0.4 is 11.1 Å². The molecule has 1 aliphatic heterocycles. The second-order valence-corrected chi connectivity index (χ2v) is 4.22. The Labute approximate surface area is 80.9 Å². The highest BCUT2D eigenvalue weighted by Gasteiger charge is 2.41. The van der Waals surface area contributed by atoms with Crippen molar-refractivity contribution in [1.29, 1.82) is 0 Å². The highest BCUT2D eigenvalue weighted by atomic mass is 32.1. The second-order valence-electron chi connectivity index (χ2n) is 3.28. The Morgan fingerprint density at radius 1 is 1.69 bits per heavy atom. The largest absolute Gasteiger partial charge is 0.368 e. The van der Waals surface area contributed by atoms with E-state index in [4.69, 9.17) is 5.73 Å². The molecule has 0 aliphatic carbocycles. The summed E-state index contributed by atoms with van der Waals surface area (Å²) in [5.74, 6) is -0.257. The lowest BCUT2D eigenvalue weighted by Crippen LogP contribution is -2.48. The molecule has 0 radical (unpaired) electrons. The number of rotatable bonds is 2. The van der Waals surface area contributed by atoms with Crippen molar-refractivity contribution >= 4 is 17.2 Å². The number of nitrogens with one attached hydrogen (secondary N) is 1. The normalized spacial score (nSPS) is 27.7. The van der Waals surface area contributed by atoms with Crippen LogP contribution in [-0.4, -0.2) is 12.5 Å². The number of hydrogen-bond donors (Lipinski definition) is 2. The molecule has 1 saturated heterocycles. The standard InChI is InChI=1S/C9H12N2OS/c10-8(12)9(4-2-5-11-9)7-3-1-6-13-7/h1,3,6,11H,2,4-5H2,(H2,10,12)/t9-/m0/s1. The van der Waals surface area contributed by atoms with Gasteiger partial charge in [0.05, 0.1) is 0 Å². The maximum Gasteiger partial charge on any atom is 0.243 e. The molecule has 2 heterocycles. The van der Waals surface area contributed by atoms with Gasteiger partial charge in [-0.25, -0.2) is 0 Å². The average Bonchev–Trinajstić information content (AvgIpc) is 2.75. The number of carbonyl (C=O) groups is 1. The SMILES string of the molecule is NC(=O)[C@@]1(c2cccs2)CCCN1. The number of primary amides is 1. The summed E-state index contributed by atoms with van der Waals surface area (Å²) in [6.45, 7) is 0.876. The lowest BCUT2D eigenvalue weighted by Gasteiger charge is -2.23.